The van der Waals surface area contributed by atoms with Crippen molar-refractivity contribution in [3.8, 4) is 0 Å². The van der Waals surface area contributed by atoms with E-state index in [9.17, 15) is 14.0 Å². The molecule has 0 aromatic heterocycles. The van der Waals surface area contributed by atoms with Crippen molar-refractivity contribution in [3.63, 3.8) is 0 Å². The zero-order chi connectivity index (χ0) is 17.3. The molecular weight excluding hydrogens is 354 g/mol. The molecule has 3 rings (SSSR count). The second kappa shape index (κ2) is 6.79. The van der Waals surface area contributed by atoms with Gasteiger partial charge in [-0.25, -0.2) is 4.39 Å². The van der Waals surface area contributed by atoms with Gasteiger partial charge in [-0.3, -0.25) is 9.59 Å². The van der Waals surface area contributed by atoms with E-state index >= 15 is 0 Å². The molecule has 0 spiro atoms. The van der Waals surface area contributed by atoms with Crippen molar-refractivity contribution in [2.24, 2.45) is 5.92 Å². The van der Waals surface area contributed by atoms with Crippen LogP contribution in [0.3, 0.4) is 0 Å². The number of anilines is 2. The van der Waals surface area contributed by atoms with E-state index in [2.05, 4.69) is 5.32 Å². The summed E-state index contributed by atoms with van der Waals surface area (Å²) in [6, 6.07) is 10.4. The molecule has 2 amide bonds. The van der Waals surface area contributed by atoms with Crippen LogP contribution in [0.4, 0.5) is 15.8 Å². The van der Waals surface area contributed by atoms with Gasteiger partial charge in [0.15, 0.2) is 0 Å². The quantitative estimate of drug-likeness (QED) is 0.887. The zero-order valence-electron chi connectivity index (χ0n) is 12.4. The Balaban J connectivity index is 1.69. The van der Waals surface area contributed by atoms with Gasteiger partial charge in [0.2, 0.25) is 11.8 Å². The highest BCUT2D eigenvalue weighted by Gasteiger charge is 2.35. The summed E-state index contributed by atoms with van der Waals surface area (Å²) in [7, 11) is 0. The van der Waals surface area contributed by atoms with Crippen LogP contribution in [-0.2, 0) is 9.59 Å². The van der Waals surface area contributed by atoms with Crippen molar-refractivity contribution in [3.05, 3.63) is 58.3 Å². The SMILES string of the molecule is O=C(Nc1ccc(Cl)c(Cl)c1)[C@H]1CC(=O)N(c2ccc(F)cc2)C1. The average Bonchev–Trinajstić information content (AvgIpc) is 2.94. The fourth-order valence-corrected chi connectivity index (χ4v) is 2.87. The predicted molar refractivity (Wildman–Crippen MR) is 92.0 cm³/mol. The maximum absolute atomic E-state index is 13.0. The molecule has 1 atom stereocenters. The monoisotopic (exact) mass is 366 g/mol. The van der Waals surface area contributed by atoms with Gasteiger partial charge in [-0.1, -0.05) is 23.2 Å². The second-order valence-electron chi connectivity index (χ2n) is 5.50. The fourth-order valence-electron chi connectivity index (χ4n) is 2.57. The first-order valence-electron chi connectivity index (χ1n) is 7.26. The zero-order valence-corrected chi connectivity index (χ0v) is 13.9. The number of halogens is 3. The van der Waals surface area contributed by atoms with Crippen LogP contribution in [0.1, 0.15) is 6.42 Å². The predicted octanol–water partition coefficient (Wildman–Crippen LogP) is 4.12. The summed E-state index contributed by atoms with van der Waals surface area (Å²) in [5.41, 5.74) is 1.09. The topological polar surface area (TPSA) is 49.4 Å². The molecule has 1 saturated heterocycles. The van der Waals surface area contributed by atoms with Crippen LogP contribution in [0.25, 0.3) is 0 Å². The molecule has 2 aromatic carbocycles. The minimum Gasteiger partial charge on any atom is -0.326 e. The average molecular weight is 367 g/mol. The largest absolute Gasteiger partial charge is 0.326 e. The molecule has 1 aliphatic heterocycles. The van der Waals surface area contributed by atoms with Gasteiger partial charge in [-0.15, -0.1) is 0 Å². The molecule has 2 aromatic rings. The van der Waals surface area contributed by atoms with Gasteiger partial charge < -0.3 is 10.2 Å². The van der Waals surface area contributed by atoms with E-state index in [0.29, 0.717) is 21.4 Å². The van der Waals surface area contributed by atoms with E-state index in [1.165, 1.54) is 29.2 Å². The number of amides is 2. The number of hydrogen-bond acceptors (Lipinski definition) is 2. The van der Waals surface area contributed by atoms with E-state index < -0.39 is 5.92 Å². The summed E-state index contributed by atoms with van der Waals surface area (Å²) in [4.78, 5) is 26.0. The lowest BCUT2D eigenvalue weighted by Crippen LogP contribution is -2.28. The molecule has 1 heterocycles. The molecule has 124 valence electrons. The van der Waals surface area contributed by atoms with Gasteiger partial charge in [0, 0.05) is 24.3 Å². The molecule has 0 unspecified atom stereocenters. The summed E-state index contributed by atoms with van der Waals surface area (Å²) in [5.74, 6) is -1.31. The molecule has 0 saturated carbocycles. The summed E-state index contributed by atoms with van der Waals surface area (Å²) >= 11 is 11.8. The highest BCUT2D eigenvalue weighted by atomic mass is 35.5. The molecule has 24 heavy (non-hydrogen) atoms. The molecule has 0 aliphatic carbocycles. The van der Waals surface area contributed by atoms with E-state index in [-0.39, 0.29) is 30.6 Å². The third-order valence-electron chi connectivity index (χ3n) is 3.82. The number of carbonyl (C=O) groups is 2. The van der Waals surface area contributed by atoms with Crippen LogP contribution in [-0.4, -0.2) is 18.4 Å². The molecule has 1 fully saturated rings. The lowest BCUT2D eigenvalue weighted by atomic mass is 10.1. The fraction of sp³-hybridized carbons (Fsp3) is 0.176. The Bertz CT molecular complexity index is 796. The van der Waals surface area contributed by atoms with Crippen LogP contribution >= 0.6 is 23.2 Å². The first kappa shape index (κ1) is 16.7. The maximum Gasteiger partial charge on any atom is 0.229 e. The van der Waals surface area contributed by atoms with Crippen molar-refractivity contribution in [2.45, 2.75) is 6.42 Å². The summed E-state index contributed by atoms with van der Waals surface area (Å²) in [6.45, 7) is 0.248. The maximum atomic E-state index is 13.0. The number of rotatable bonds is 3. The van der Waals surface area contributed by atoms with Gasteiger partial charge in [-0.2, -0.15) is 0 Å². The summed E-state index contributed by atoms with van der Waals surface area (Å²) < 4.78 is 13.0. The second-order valence-corrected chi connectivity index (χ2v) is 6.31. The van der Waals surface area contributed by atoms with Crippen molar-refractivity contribution in [2.75, 3.05) is 16.8 Å². The van der Waals surface area contributed by atoms with Crippen molar-refractivity contribution >= 4 is 46.4 Å². The Hall–Kier alpha value is -2.11. The Morgan fingerprint density at radius 1 is 1.12 bits per heavy atom. The molecule has 4 nitrogen and oxygen atoms in total. The highest BCUT2D eigenvalue weighted by molar-refractivity contribution is 6.42. The molecule has 1 aliphatic rings. The minimum absolute atomic E-state index is 0.102. The summed E-state index contributed by atoms with van der Waals surface area (Å²) in [6.07, 6.45) is 0.102. The lowest BCUT2D eigenvalue weighted by Gasteiger charge is -2.16. The third-order valence-corrected chi connectivity index (χ3v) is 4.56. The van der Waals surface area contributed by atoms with E-state index in [1.807, 2.05) is 0 Å². The number of nitrogens with one attached hydrogen (secondary N) is 1. The number of hydrogen-bond donors (Lipinski definition) is 1. The Labute approximate surface area is 148 Å². The van der Waals surface area contributed by atoms with E-state index in [4.69, 9.17) is 23.2 Å². The van der Waals surface area contributed by atoms with E-state index in [1.54, 1.807) is 18.2 Å². The number of benzene rings is 2. The van der Waals surface area contributed by atoms with Gasteiger partial charge in [0.25, 0.3) is 0 Å². The molecule has 1 N–H and O–H groups in total. The van der Waals surface area contributed by atoms with Gasteiger partial charge in [0.1, 0.15) is 5.82 Å². The number of carbonyl (C=O) groups excluding carboxylic acids is 2. The summed E-state index contributed by atoms with van der Waals surface area (Å²) in [5, 5.41) is 3.47. The normalized spacial score (nSPS) is 17.2. The van der Waals surface area contributed by atoms with Crippen molar-refractivity contribution < 1.29 is 14.0 Å². The first-order chi connectivity index (χ1) is 11.4. The van der Waals surface area contributed by atoms with Gasteiger partial charge >= 0.3 is 0 Å². The van der Waals surface area contributed by atoms with Crippen LogP contribution in [0, 0.1) is 11.7 Å². The Morgan fingerprint density at radius 3 is 2.50 bits per heavy atom. The minimum atomic E-state index is -0.489. The van der Waals surface area contributed by atoms with Crippen molar-refractivity contribution in [1.29, 1.82) is 0 Å². The first-order valence-corrected chi connectivity index (χ1v) is 8.01. The number of nitrogens with zero attached hydrogens (tertiary/aromatic N) is 1. The Morgan fingerprint density at radius 2 is 1.83 bits per heavy atom. The lowest BCUT2D eigenvalue weighted by molar-refractivity contribution is -0.122. The third kappa shape index (κ3) is 3.52. The van der Waals surface area contributed by atoms with Crippen molar-refractivity contribution in [1.82, 2.24) is 0 Å². The standard InChI is InChI=1S/C17H13Cl2FN2O2/c18-14-6-3-12(8-15(14)19)21-17(24)10-7-16(23)22(9-10)13-4-1-11(20)2-5-13/h1-6,8,10H,7,9H2,(H,21,24)/t10-/m0/s1. The van der Waals surface area contributed by atoms with Crippen LogP contribution in [0.2, 0.25) is 10.0 Å². The molecule has 0 radical (unpaired) electrons. The Kier molecular flexibility index (Phi) is 4.73. The molecule has 0 bridgehead atoms. The highest BCUT2D eigenvalue weighted by Crippen LogP contribution is 2.28. The van der Waals surface area contributed by atoms with Gasteiger partial charge in [-0.05, 0) is 42.5 Å². The van der Waals surface area contributed by atoms with E-state index in [0.717, 1.165) is 0 Å². The molecule has 7 heteroatoms. The van der Waals surface area contributed by atoms with Gasteiger partial charge in [0.05, 0.1) is 16.0 Å². The van der Waals surface area contributed by atoms with Crippen LogP contribution < -0.4 is 10.2 Å². The van der Waals surface area contributed by atoms with Crippen LogP contribution in [0.5, 0.6) is 0 Å². The van der Waals surface area contributed by atoms with Crippen LogP contribution in [0.15, 0.2) is 42.5 Å². The molecular formula is C17H13Cl2FN2O2. The smallest absolute Gasteiger partial charge is 0.229 e.